The fourth-order valence-electron chi connectivity index (χ4n) is 3.36. The zero-order valence-electron chi connectivity index (χ0n) is 22.7. The summed E-state index contributed by atoms with van der Waals surface area (Å²) in [5.74, 6) is -2.33. The number of rotatable bonds is 11. The highest BCUT2D eigenvalue weighted by Crippen LogP contribution is 2.31. The van der Waals surface area contributed by atoms with Gasteiger partial charge in [0.05, 0.1) is 11.1 Å². The second kappa shape index (κ2) is 12.9. The van der Waals surface area contributed by atoms with Crippen LogP contribution >= 0.6 is 0 Å². The topological polar surface area (TPSA) is 184 Å². The third-order valence-electron chi connectivity index (χ3n) is 6.20. The van der Waals surface area contributed by atoms with Crippen LogP contribution < -0.4 is 15.4 Å². The van der Waals surface area contributed by atoms with Crippen molar-refractivity contribution in [2.24, 2.45) is 5.41 Å². The third-order valence-corrected chi connectivity index (χ3v) is 6.20. The molecule has 1 heterocycles. The van der Waals surface area contributed by atoms with Gasteiger partial charge in [0, 0.05) is 18.5 Å². The number of aliphatic hydroxyl groups is 3. The van der Waals surface area contributed by atoms with Crippen molar-refractivity contribution in [3.8, 4) is 5.75 Å². The largest absolute Gasteiger partial charge is 0.479 e. The molecule has 0 spiro atoms. The first-order valence-corrected chi connectivity index (χ1v) is 12.5. The number of benzene rings is 1. The van der Waals surface area contributed by atoms with E-state index < -0.39 is 48.1 Å². The van der Waals surface area contributed by atoms with E-state index in [-0.39, 0.29) is 35.9 Å². The van der Waals surface area contributed by atoms with Gasteiger partial charge in [-0.1, -0.05) is 13.0 Å². The fourth-order valence-corrected chi connectivity index (χ4v) is 3.36. The van der Waals surface area contributed by atoms with Crippen molar-refractivity contribution in [3.63, 3.8) is 0 Å². The molecule has 12 heteroatoms. The highest BCUT2D eigenvalue weighted by molar-refractivity contribution is 5.92. The van der Waals surface area contributed by atoms with E-state index in [9.17, 15) is 34.8 Å². The van der Waals surface area contributed by atoms with E-state index in [2.05, 4.69) is 10.6 Å². The van der Waals surface area contributed by atoms with E-state index in [4.69, 9.17) is 14.2 Å². The summed E-state index contributed by atoms with van der Waals surface area (Å²) in [5.41, 5.74) is -0.178. The molecular weight excluding hydrogens is 500 g/mol. The minimum absolute atomic E-state index is 0.00266. The van der Waals surface area contributed by atoms with Crippen LogP contribution in [0.5, 0.6) is 5.75 Å². The van der Waals surface area contributed by atoms with Gasteiger partial charge in [0.15, 0.2) is 6.10 Å². The number of carboxylic acids is 1. The Bertz CT molecular complexity index is 991. The highest BCUT2D eigenvalue weighted by Gasteiger charge is 2.48. The molecule has 5 atom stereocenters. The van der Waals surface area contributed by atoms with Crippen molar-refractivity contribution in [1.82, 2.24) is 5.32 Å². The number of anilines is 1. The fraction of sp³-hybridized carbons (Fsp3) is 0.654. The number of ether oxygens (including phenoxy) is 3. The summed E-state index contributed by atoms with van der Waals surface area (Å²) in [6.07, 6.45) is -8.03. The smallest absolute Gasteiger partial charge is 0.335 e. The molecule has 1 aromatic rings. The second-order valence-corrected chi connectivity index (χ2v) is 11.0. The molecule has 6 N–H and O–H groups in total. The molecular formula is C26H40N2O10. The van der Waals surface area contributed by atoms with E-state index in [0.29, 0.717) is 12.1 Å². The molecule has 1 fully saturated rings. The minimum atomic E-state index is -1.87. The van der Waals surface area contributed by atoms with Crippen LogP contribution in [-0.2, 0) is 30.5 Å². The SMILES string of the molecule is CCC(C)(C)NCCC(=O)Nc1cc(COC(=O)C(C)(C)C)ccc1O[C@H]1O[C@H](C(=O)O)[C@@H](O)[C@H](O)[C@H]1O. The van der Waals surface area contributed by atoms with Gasteiger partial charge in [0.1, 0.15) is 30.7 Å². The zero-order chi connectivity index (χ0) is 28.8. The predicted octanol–water partition coefficient (Wildman–Crippen LogP) is 1.15. The number of aliphatic hydroxyl groups excluding tert-OH is 3. The molecule has 0 saturated carbocycles. The van der Waals surface area contributed by atoms with Crippen molar-refractivity contribution in [2.45, 2.75) is 97.2 Å². The van der Waals surface area contributed by atoms with Crippen LogP contribution in [0.15, 0.2) is 18.2 Å². The van der Waals surface area contributed by atoms with Crippen molar-refractivity contribution < 1.29 is 49.0 Å². The Kier molecular flexibility index (Phi) is 10.6. The lowest BCUT2D eigenvalue weighted by atomic mass is 9.97. The highest BCUT2D eigenvalue weighted by atomic mass is 16.7. The number of carbonyl (C=O) groups excluding carboxylic acids is 2. The molecule has 12 nitrogen and oxygen atoms in total. The van der Waals surface area contributed by atoms with Crippen molar-refractivity contribution >= 4 is 23.5 Å². The maximum absolute atomic E-state index is 12.7. The number of hydrogen-bond acceptors (Lipinski definition) is 10. The van der Waals surface area contributed by atoms with Gasteiger partial charge < -0.3 is 45.3 Å². The van der Waals surface area contributed by atoms with Crippen molar-refractivity contribution in [1.29, 1.82) is 0 Å². The summed E-state index contributed by atoms with van der Waals surface area (Å²) in [5, 5.41) is 45.6. The molecule has 0 radical (unpaired) electrons. The van der Waals surface area contributed by atoms with Gasteiger partial charge >= 0.3 is 11.9 Å². The Labute approximate surface area is 222 Å². The van der Waals surface area contributed by atoms with Gasteiger partial charge in [-0.05, 0) is 58.7 Å². The average molecular weight is 541 g/mol. The molecule has 38 heavy (non-hydrogen) atoms. The molecule has 1 aliphatic rings. The van der Waals surface area contributed by atoms with Crippen LogP contribution in [-0.4, -0.2) is 81.1 Å². The van der Waals surface area contributed by atoms with Crippen LogP contribution in [0.4, 0.5) is 5.69 Å². The number of hydrogen-bond donors (Lipinski definition) is 6. The number of esters is 1. The van der Waals surface area contributed by atoms with Crippen molar-refractivity contribution in [2.75, 3.05) is 11.9 Å². The maximum Gasteiger partial charge on any atom is 0.335 e. The van der Waals surface area contributed by atoms with Gasteiger partial charge in [-0.25, -0.2) is 4.79 Å². The molecule has 0 bridgehead atoms. The molecule has 1 aromatic carbocycles. The summed E-state index contributed by atoms with van der Waals surface area (Å²) in [4.78, 5) is 36.3. The summed E-state index contributed by atoms with van der Waals surface area (Å²) >= 11 is 0. The number of nitrogens with one attached hydrogen (secondary N) is 2. The molecule has 0 unspecified atom stereocenters. The first-order chi connectivity index (χ1) is 17.6. The first kappa shape index (κ1) is 31.4. The van der Waals surface area contributed by atoms with Gasteiger partial charge in [-0.15, -0.1) is 0 Å². The number of aliphatic carboxylic acids is 1. The van der Waals surface area contributed by atoms with E-state index in [1.54, 1.807) is 26.8 Å². The summed E-state index contributed by atoms with van der Waals surface area (Å²) < 4.78 is 16.2. The Morgan fingerprint density at radius 1 is 1.03 bits per heavy atom. The monoisotopic (exact) mass is 540 g/mol. The van der Waals surface area contributed by atoms with Gasteiger partial charge in [0.25, 0.3) is 0 Å². The van der Waals surface area contributed by atoms with Crippen LogP contribution in [0.1, 0.15) is 59.9 Å². The Balaban J connectivity index is 2.25. The van der Waals surface area contributed by atoms with Gasteiger partial charge in [0.2, 0.25) is 12.2 Å². The van der Waals surface area contributed by atoms with E-state index in [1.165, 1.54) is 12.1 Å². The van der Waals surface area contributed by atoms with Crippen LogP contribution in [0.3, 0.4) is 0 Å². The third kappa shape index (κ3) is 8.63. The molecule has 1 saturated heterocycles. The molecule has 2 rings (SSSR count). The molecule has 0 aromatic heterocycles. The van der Waals surface area contributed by atoms with Gasteiger partial charge in [-0.3, -0.25) is 9.59 Å². The molecule has 0 aliphatic carbocycles. The summed E-state index contributed by atoms with van der Waals surface area (Å²) in [6, 6.07) is 4.50. The van der Waals surface area contributed by atoms with Crippen LogP contribution in [0, 0.1) is 5.41 Å². The summed E-state index contributed by atoms with van der Waals surface area (Å²) in [6.45, 7) is 11.5. The number of amides is 1. The lowest BCUT2D eigenvalue weighted by molar-refractivity contribution is -0.271. The maximum atomic E-state index is 12.7. The van der Waals surface area contributed by atoms with Crippen LogP contribution in [0.25, 0.3) is 0 Å². The lowest BCUT2D eigenvalue weighted by Gasteiger charge is -2.38. The average Bonchev–Trinajstić information content (AvgIpc) is 2.83. The Hall–Kier alpha value is -2.77. The normalized spacial score (nSPS) is 24.0. The second-order valence-electron chi connectivity index (χ2n) is 11.0. The lowest BCUT2D eigenvalue weighted by Crippen LogP contribution is -2.61. The minimum Gasteiger partial charge on any atom is -0.479 e. The van der Waals surface area contributed by atoms with Gasteiger partial charge in [-0.2, -0.15) is 0 Å². The zero-order valence-corrected chi connectivity index (χ0v) is 22.7. The van der Waals surface area contributed by atoms with Crippen LogP contribution in [0.2, 0.25) is 0 Å². The van der Waals surface area contributed by atoms with E-state index in [0.717, 1.165) is 6.42 Å². The first-order valence-electron chi connectivity index (χ1n) is 12.5. The molecule has 214 valence electrons. The molecule has 1 aliphatic heterocycles. The van der Waals surface area contributed by atoms with E-state index in [1.807, 2.05) is 20.8 Å². The Morgan fingerprint density at radius 2 is 1.68 bits per heavy atom. The number of carboxylic acid groups (broad SMARTS) is 1. The predicted molar refractivity (Wildman–Crippen MR) is 136 cm³/mol. The quantitative estimate of drug-likeness (QED) is 0.221. The number of carbonyl (C=O) groups is 3. The summed E-state index contributed by atoms with van der Waals surface area (Å²) in [7, 11) is 0. The van der Waals surface area contributed by atoms with E-state index >= 15 is 0 Å². The Morgan fingerprint density at radius 3 is 2.26 bits per heavy atom. The standard InChI is InChI=1S/C26H40N2O10/c1-7-26(5,6)27-11-10-17(29)28-15-12-14(13-36-24(35)25(2,3)4)8-9-16(15)37-23-20(32)18(30)19(31)21(38-23)22(33)34/h8-9,12,18-21,23,27,30-32H,7,10-11,13H2,1-6H3,(H,28,29)(H,33,34)/t18-,19-,20+,21-,23-/m0/s1. The molecule has 1 amide bonds. The van der Waals surface area contributed by atoms with Crippen molar-refractivity contribution in [3.05, 3.63) is 23.8 Å².